The second kappa shape index (κ2) is 8.50. The molecule has 9 nitrogen and oxygen atoms in total. The highest BCUT2D eigenvalue weighted by Crippen LogP contribution is 2.21. The molecule has 0 spiro atoms. The fraction of sp³-hybridized carbons (Fsp3) is 0.526. The Morgan fingerprint density at radius 2 is 2.00 bits per heavy atom. The van der Waals surface area contributed by atoms with Crippen LogP contribution >= 0.6 is 0 Å². The Kier molecular flexibility index (Phi) is 6.23. The lowest BCUT2D eigenvalue weighted by atomic mass is 10.1. The highest BCUT2D eigenvalue weighted by molar-refractivity contribution is 7.89. The largest absolute Gasteiger partial charge is 0.352 e. The molecule has 0 bridgehead atoms. The quantitative estimate of drug-likeness (QED) is 0.640. The van der Waals surface area contributed by atoms with Gasteiger partial charge in [-0.3, -0.25) is 9.36 Å². The molecule has 1 aliphatic heterocycles. The summed E-state index contributed by atoms with van der Waals surface area (Å²) >= 11 is 0. The molecule has 0 atom stereocenters. The summed E-state index contributed by atoms with van der Waals surface area (Å²) in [5, 5.41) is 7.16. The minimum Gasteiger partial charge on any atom is -0.352 e. The Hall–Kier alpha value is -2.46. The molecule has 1 aromatic heterocycles. The van der Waals surface area contributed by atoms with E-state index in [9.17, 15) is 18.0 Å². The highest BCUT2D eigenvalue weighted by Gasteiger charge is 2.20. The summed E-state index contributed by atoms with van der Waals surface area (Å²) in [6, 6.07) is 3.06. The van der Waals surface area contributed by atoms with E-state index in [1.54, 1.807) is 24.5 Å². The van der Waals surface area contributed by atoms with Crippen molar-refractivity contribution in [1.82, 2.24) is 24.4 Å². The summed E-state index contributed by atoms with van der Waals surface area (Å²) in [7, 11) is -2.31. The number of aryl methyl sites for hydroxylation is 3. The molecule has 29 heavy (non-hydrogen) atoms. The van der Waals surface area contributed by atoms with E-state index in [0.29, 0.717) is 25.1 Å². The molecule has 2 N–H and O–H groups in total. The molecule has 1 amide bonds. The second-order valence-corrected chi connectivity index (χ2v) is 9.12. The smallest absolute Gasteiger partial charge is 0.345 e. The molecule has 0 unspecified atom stereocenters. The summed E-state index contributed by atoms with van der Waals surface area (Å²) in [5.74, 6) is 0.482. The third-order valence-electron chi connectivity index (χ3n) is 5.30. The third-order valence-corrected chi connectivity index (χ3v) is 6.84. The zero-order valence-corrected chi connectivity index (χ0v) is 17.8. The number of fused-ring (bicyclic) bond motifs is 1. The van der Waals surface area contributed by atoms with Crippen LogP contribution in [0.25, 0.3) is 0 Å². The first-order valence-corrected chi connectivity index (χ1v) is 11.2. The maximum Gasteiger partial charge on any atom is 0.345 e. The molecule has 1 aliphatic rings. The van der Waals surface area contributed by atoms with Gasteiger partial charge in [-0.25, -0.2) is 22.6 Å². The number of sulfonamides is 1. The van der Waals surface area contributed by atoms with Crippen LogP contribution in [0.15, 0.2) is 21.8 Å². The van der Waals surface area contributed by atoms with Gasteiger partial charge in [0.05, 0.1) is 4.90 Å². The van der Waals surface area contributed by atoms with Crippen LogP contribution in [0.2, 0.25) is 0 Å². The van der Waals surface area contributed by atoms with E-state index in [2.05, 4.69) is 15.1 Å². The average molecular weight is 422 g/mol. The fourth-order valence-electron chi connectivity index (χ4n) is 3.47. The summed E-state index contributed by atoms with van der Waals surface area (Å²) in [5.41, 5.74) is 1.53. The molecule has 0 aliphatic carbocycles. The molecule has 2 heterocycles. The number of nitrogens with one attached hydrogen (secondary N) is 2. The van der Waals surface area contributed by atoms with Gasteiger partial charge in [0.15, 0.2) is 0 Å². The van der Waals surface area contributed by atoms with E-state index < -0.39 is 10.0 Å². The molecule has 0 saturated carbocycles. The molecule has 0 radical (unpaired) electrons. The lowest BCUT2D eigenvalue weighted by molar-refractivity contribution is 0.0952. The van der Waals surface area contributed by atoms with Gasteiger partial charge in [-0.2, -0.15) is 5.10 Å². The van der Waals surface area contributed by atoms with Crippen molar-refractivity contribution in [1.29, 1.82) is 0 Å². The number of benzene rings is 1. The van der Waals surface area contributed by atoms with Crippen molar-refractivity contribution in [2.24, 2.45) is 0 Å². The molecular formula is C19H27N5O4S. The monoisotopic (exact) mass is 421 g/mol. The fourth-order valence-corrected chi connectivity index (χ4v) is 4.54. The first-order chi connectivity index (χ1) is 13.7. The number of hydrogen-bond donors (Lipinski definition) is 2. The minimum atomic E-state index is -3.65. The maximum absolute atomic E-state index is 12.5. The van der Waals surface area contributed by atoms with Crippen LogP contribution in [0.5, 0.6) is 0 Å². The highest BCUT2D eigenvalue weighted by atomic mass is 32.2. The number of aromatic nitrogens is 3. The van der Waals surface area contributed by atoms with Gasteiger partial charge in [-0.15, -0.1) is 0 Å². The van der Waals surface area contributed by atoms with Crippen molar-refractivity contribution in [3.8, 4) is 0 Å². The number of hydrogen-bond acceptors (Lipinski definition) is 5. The van der Waals surface area contributed by atoms with E-state index in [0.717, 1.165) is 37.2 Å². The van der Waals surface area contributed by atoms with Crippen LogP contribution in [-0.2, 0) is 29.5 Å². The van der Waals surface area contributed by atoms with Gasteiger partial charge in [0.25, 0.3) is 5.91 Å². The van der Waals surface area contributed by atoms with E-state index in [1.807, 2.05) is 0 Å². The van der Waals surface area contributed by atoms with Crippen LogP contribution in [0.1, 0.15) is 46.6 Å². The molecule has 10 heteroatoms. The van der Waals surface area contributed by atoms with Gasteiger partial charge in [0, 0.05) is 31.6 Å². The summed E-state index contributed by atoms with van der Waals surface area (Å²) in [6.07, 6.45) is 3.42. The van der Waals surface area contributed by atoms with Crippen molar-refractivity contribution in [3.05, 3.63) is 45.1 Å². The van der Waals surface area contributed by atoms with Crippen LogP contribution < -0.4 is 15.7 Å². The molecule has 1 aromatic carbocycles. The molecule has 158 valence electrons. The van der Waals surface area contributed by atoms with Crippen molar-refractivity contribution in [3.63, 3.8) is 0 Å². The Balaban J connectivity index is 1.63. The van der Waals surface area contributed by atoms with Gasteiger partial charge in [0.2, 0.25) is 10.0 Å². The van der Waals surface area contributed by atoms with Crippen molar-refractivity contribution in [2.75, 3.05) is 13.6 Å². The predicted octanol–water partition coefficient (Wildman–Crippen LogP) is 0.726. The zero-order chi connectivity index (χ0) is 21.2. The zero-order valence-electron chi connectivity index (χ0n) is 17.0. The van der Waals surface area contributed by atoms with Gasteiger partial charge >= 0.3 is 5.69 Å². The second-order valence-electron chi connectivity index (χ2n) is 7.26. The van der Waals surface area contributed by atoms with Crippen LogP contribution in [0.3, 0.4) is 0 Å². The lowest BCUT2D eigenvalue weighted by Gasteiger charge is -2.12. The first kappa shape index (κ1) is 21.3. The lowest BCUT2D eigenvalue weighted by Crippen LogP contribution is -2.29. The SMILES string of the molecule is CNS(=O)(=O)c1cc(C(=O)NCCCn2nc3n(c2=O)CCCC3)cc(C)c1C. The van der Waals surface area contributed by atoms with Gasteiger partial charge in [0.1, 0.15) is 5.82 Å². The summed E-state index contributed by atoms with van der Waals surface area (Å²) < 4.78 is 29.9. The minimum absolute atomic E-state index is 0.0953. The predicted molar refractivity (Wildman–Crippen MR) is 109 cm³/mol. The van der Waals surface area contributed by atoms with Crippen molar-refractivity contribution >= 4 is 15.9 Å². The Morgan fingerprint density at radius 1 is 1.24 bits per heavy atom. The number of carbonyl (C=O) groups is 1. The Labute approximate surface area is 170 Å². The van der Waals surface area contributed by atoms with Crippen LogP contribution in [-0.4, -0.2) is 42.3 Å². The van der Waals surface area contributed by atoms with E-state index in [4.69, 9.17) is 0 Å². The summed E-state index contributed by atoms with van der Waals surface area (Å²) in [4.78, 5) is 24.9. The molecule has 0 saturated heterocycles. The van der Waals surface area contributed by atoms with Gasteiger partial charge < -0.3 is 5.32 Å². The van der Waals surface area contributed by atoms with Gasteiger partial charge in [-0.1, -0.05) is 0 Å². The first-order valence-electron chi connectivity index (χ1n) is 9.74. The summed E-state index contributed by atoms with van der Waals surface area (Å²) in [6.45, 7) is 4.98. The number of nitrogens with zero attached hydrogens (tertiary/aromatic N) is 3. The molecule has 0 fully saturated rings. The molecule has 3 rings (SSSR count). The number of rotatable bonds is 7. The van der Waals surface area contributed by atoms with Crippen molar-refractivity contribution < 1.29 is 13.2 Å². The van der Waals surface area contributed by atoms with Gasteiger partial charge in [-0.05, 0) is 63.4 Å². The van der Waals surface area contributed by atoms with Crippen LogP contribution in [0.4, 0.5) is 0 Å². The standard InChI is InChI=1S/C19H27N5O4S/c1-13-11-15(12-16(14(13)2)29(27,28)20-3)18(25)21-8-6-10-24-19(26)23-9-5-4-7-17(23)22-24/h11-12,20H,4-10H2,1-3H3,(H,21,25). The Bertz CT molecular complexity index is 1080. The Morgan fingerprint density at radius 3 is 2.69 bits per heavy atom. The average Bonchev–Trinajstić information content (AvgIpc) is 3.02. The number of carbonyl (C=O) groups excluding carboxylic acids is 1. The van der Waals surface area contributed by atoms with E-state index in [-0.39, 0.29) is 22.1 Å². The topological polar surface area (TPSA) is 115 Å². The van der Waals surface area contributed by atoms with Crippen molar-refractivity contribution in [2.45, 2.75) is 57.5 Å². The van der Waals surface area contributed by atoms with E-state index in [1.165, 1.54) is 17.8 Å². The van der Waals surface area contributed by atoms with Crippen LogP contribution in [0, 0.1) is 13.8 Å². The number of amides is 1. The van der Waals surface area contributed by atoms with E-state index >= 15 is 0 Å². The normalized spacial score (nSPS) is 13.9. The third kappa shape index (κ3) is 4.43. The maximum atomic E-state index is 12.5. The molecule has 2 aromatic rings. The molecular weight excluding hydrogens is 394 g/mol.